The van der Waals surface area contributed by atoms with Gasteiger partial charge in [0.05, 0.1) is 15.2 Å². The lowest BCUT2D eigenvalue weighted by molar-refractivity contribution is -0.689. The molecule has 0 saturated carbocycles. The lowest BCUT2D eigenvalue weighted by Gasteiger charge is -2.01. The predicted octanol–water partition coefficient (Wildman–Crippen LogP) is 1.90. The maximum absolute atomic E-state index is 2.41. The summed E-state index contributed by atoms with van der Waals surface area (Å²) in [6, 6.07) is 4.50. The van der Waals surface area contributed by atoms with Crippen LogP contribution in [0.5, 0.6) is 0 Å². The van der Waals surface area contributed by atoms with Gasteiger partial charge < -0.3 is 0 Å². The third-order valence-electron chi connectivity index (χ3n) is 2.09. The summed E-state index contributed by atoms with van der Waals surface area (Å²) in [7, 11) is 0.556. The molecule has 1 nitrogen and oxygen atoms in total. The molecule has 0 amide bonds. The minimum absolute atomic E-state index is 0.556. The summed E-state index contributed by atoms with van der Waals surface area (Å²) < 4.78 is 2.41. The van der Waals surface area contributed by atoms with Gasteiger partial charge in [0, 0.05) is 26.0 Å². The molecule has 1 unspecified atom stereocenters. The molecule has 1 heterocycles. The molecule has 0 saturated heterocycles. The Morgan fingerprint density at radius 1 is 1.17 bits per heavy atom. The van der Waals surface area contributed by atoms with E-state index in [9.17, 15) is 0 Å². The van der Waals surface area contributed by atoms with E-state index in [1.807, 2.05) is 0 Å². The zero-order chi connectivity index (χ0) is 9.14. The molecule has 0 spiro atoms. The van der Waals surface area contributed by atoms with Gasteiger partial charge in [0.1, 0.15) is 0 Å². The van der Waals surface area contributed by atoms with Crippen LogP contribution in [-0.4, -0.2) is 6.66 Å². The van der Waals surface area contributed by atoms with Gasteiger partial charge in [-0.2, -0.15) is 4.57 Å². The van der Waals surface area contributed by atoms with Crippen LogP contribution >= 0.6 is 8.58 Å². The molecule has 0 aliphatic rings. The van der Waals surface area contributed by atoms with Crippen LogP contribution in [0.2, 0.25) is 0 Å². The van der Waals surface area contributed by atoms with E-state index in [4.69, 9.17) is 0 Å². The van der Waals surface area contributed by atoms with Gasteiger partial charge in [-0.1, -0.05) is 0 Å². The highest BCUT2D eigenvalue weighted by Crippen LogP contribution is 2.06. The van der Waals surface area contributed by atoms with Gasteiger partial charge in [-0.15, -0.1) is 0 Å². The predicted molar refractivity (Wildman–Crippen MR) is 56.5 cm³/mol. The third kappa shape index (κ3) is 2.04. The Bertz CT molecular complexity index is 258. The topological polar surface area (TPSA) is 3.88 Å². The van der Waals surface area contributed by atoms with Crippen LogP contribution in [0.3, 0.4) is 0 Å². The average Bonchev–Trinajstić information content (AvgIpc) is 1.96. The van der Waals surface area contributed by atoms with Gasteiger partial charge in [0.15, 0.2) is 11.4 Å². The van der Waals surface area contributed by atoms with E-state index in [1.165, 1.54) is 23.2 Å². The Hall–Kier alpha value is -0.420. The van der Waals surface area contributed by atoms with Crippen molar-refractivity contribution in [3.05, 3.63) is 29.1 Å². The Morgan fingerprint density at radius 2 is 1.67 bits per heavy atom. The Balaban J connectivity index is 3.10. The number of hydrogen-bond acceptors (Lipinski definition) is 0. The van der Waals surface area contributed by atoms with Crippen LogP contribution in [0.25, 0.3) is 0 Å². The minimum Gasteiger partial charge on any atom is -0.167 e. The molecule has 1 aromatic heterocycles. The van der Waals surface area contributed by atoms with Crippen molar-refractivity contribution in [3.63, 3.8) is 0 Å². The van der Waals surface area contributed by atoms with Crippen molar-refractivity contribution in [2.75, 3.05) is 6.66 Å². The van der Waals surface area contributed by atoms with E-state index >= 15 is 0 Å². The van der Waals surface area contributed by atoms with Crippen LogP contribution < -0.4 is 4.57 Å². The van der Waals surface area contributed by atoms with Crippen LogP contribution in [0.1, 0.15) is 17.0 Å². The highest BCUT2D eigenvalue weighted by Gasteiger charge is 2.11. The van der Waals surface area contributed by atoms with Crippen molar-refractivity contribution in [1.29, 1.82) is 0 Å². The standard InChI is InChI=1S/C10H17NP/c1-8-5-9(2)11(7-12-4)10(3)6-8/h5-6,12H,7H2,1-4H3/q+1/p+1. The number of pyridine rings is 1. The van der Waals surface area contributed by atoms with Gasteiger partial charge in [-0.05, 0) is 12.5 Å². The zero-order valence-corrected chi connectivity index (χ0v) is 9.54. The van der Waals surface area contributed by atoms with Crippen LogP contribution in [0.4, 0.5) is 0 Å². The Morgan fingerprint density at radius 3 is 2.08 bits per heavy atom. The molecule has 66 valence electrons. The molecule has 1 rings (SSSR count). The van der Waals surface area contributed by atoms with E-state index in [0.29, 0.717) is 8.58 Å². The first kappa shape index (κ1) is 9.67. The van der Waals surface area contributed by atoms with Crippen molar-refractivity contribution < 1.29 is 4.57 Å². The molecule has 0 aliphatic heterocycles. The fourth-order valence-electron chi connectivity index (χ4n) is 1.61. The summed E-state index contributed by atoms with van der Waals surface area (Å²) in [4.78, 5) is 0. The maximum Gasteiger partial charge on any atom is 0.243 e. The lowest BCUT2D eigenvalue weighted by atomic mass is 10.2. The SMILES string of the molecule is C[PH2+]C[n+]1c(C)cc(C)cc1C. The zero-order valence-electron chi connectivity index (χ0n) is 8.39. The van der Waals surface area contributed by atoms with Gasteiger partial charge in [-0.25, -0.2) is 0 Å². The number of nitrogens with zero attached hydrogens (tertiary/aromatic N) is 1. The Labute approximate surface area is 76.6 Å². The fourth-order valence-corrected chi connectivity index (χ4v) is 2.55. The molecule has 1 atom stereocenters. The Kier molecular flexibility index (Phi) is 3.22. The second kappa shape index (κ2) is 4.00. The van der Waals surface area contributed by atoms with Crippen molar-refractivity contribution in [3.8, 4) is 0 Å². The van der Waals surface area contributed by atoms with Gasteiger partial charge >= 0.3 is 0 Å². The summed E-state index contributed by atoms with van der Waals surface area (Å²) in [5, 5.41) is 0. The number of hydrogen-bond donors (Lipinski definition) is 0. The van der Waals surface area contributed by atoms with Crippen LogP contribution in [-0.2, 0) is 6.29 Å². The van der Waals surface area contributed by atoms with E-state index < -0.39 is 0 Å². The molecule has 0 fully saturated rings. The van der Waals surface area contributed by atoms with E-state index in [0.717, 1.165) is 0 Å². The molecular formula is C10H18NP+2. The quantitative estimate of drug-likeness (QED) is 0.487. The van der Waals surface area contributed by atoms with Gasteiger partial charge in [0.2, 0.25) is 6.29 Å². The second-order valence-electron chi connectivity index (χ2n) is 3.33. The summed E-state index contributed by atoms with van der Waals surface area (Å²) in [5.74, 6) is 0. The summed E-state index contributed by atoms with van der Waals surface area (Å²) in [6.45, 7) is 8.83. The van der Waals surface area contributed by atoms with Crippen molar-refractivity contribution in [2.45, 2.75) is 27.1 Å². The maximum atomic E-state index is 2.41. The highest BCUT2D eigenvalue weighted by atomic mass is 31.1. The summed E-state index contributed by atoms with van der Waals surface area (Å²) in [5.41, 5.74) is 4.15. The van der Waals surface area contributed by atoms with Gasteiger partial charge in [0.25, 0.3) is 0 Å². The lowest BCUT2D eigenvalue weighted by Crippen LogP contribution is -2.38. The van der Waals surface area contributed by atoms with Crippen LogP contribution in [0.15, 0.2) is 12.1 Å². The molecular weight excluding hydrogens is 165 g/mol. The number of rotatable bonds is 2. The highest BCUT2D eigenvalue weighted by molar-refractivity contribution is 7.35. The molecule has 0 aliphatic carbocycles. The van der Waals surface area contributed by atoms with E-state index in [-0.39, 0.29) is 0 Å². The van der Waals surface area contributed by atoms with Gasteiger partial charge in [-0.3, -0.25) is 0 Å². The molecule has 2 heteroatoms. The van der Waals surface area contributed by atoms with E-state index in [1.54, 1.807) is 0 Å². The minimum atomic E-state index is 0.556. The van der Waals surface area contributed by atoms with Crippen molar-refractivity contribution in [1.82, 2.24) is 0 Å². The fraction of sp³-hybridized carbons (Fsp3) is 0.500. The first-order valence-corrected chi connectivity index (χ1v) is 6.37. The largest absolute Gasteiger partial charge is 0.243 e. The average molecular weight is 183 g/mol. The monoisotopic (exact) mass is 183 g/mol. The molecule has 12 heavy (non-hydrogen) atoms. The van der Waals surface area contributed by atoms with Crippen molar-refractivity contribution in [2.24, 2.45) is 0 Å². The summed E-state index contributed by atoms with van der Waals surface area (Å²) >= 11 is 0. The molecule has 1 aromatic rings. The first-order chi connectivity index (χ1) is 5.65. The van der Waals surface area contributed by atoms with Crippen molar-refractivity contribution >= 4 is 8.58 Å². The van der Waals surface area contributed by atoms with E-state index in [2.05, 4.69) is 44.1 Å². The second-order valence-corrected chi connectivity index (χ2v) is 4.52. The smallest absolute Gasteiger partial charge is 0.167 e. The summed E-state index contributed by atoms with van der Waals surface area (Å²) in [6.07, 6.45) is 1.22. The number of aryl methyl sites for hydroxylation is 3. The first-order valence-electron chi connectivity index (χ1n) is 4.40. The molecule has 0 N–H and O–H groups in total. The third-order valence-corrected chi connectivity index (χ3v) is 2.82. The normalized spacial score (nSPS) is 11.3. The van der Waals surface area contributed by atoms with Crippen LogP contribution in [0, 0.1) is 20.8 Å². The molecule has 0 radical (unpaired) electrons. The molecule has 0 aromatic carbocycles. The number of aromatic nitrogens is 1. The molecule has 0 bridgehead atoms.